The fourth-order valence-corrected chi connectivity index (χ4v) is 3.02. The Morgan fingerprint density at radius 3 is 2.14 bits per heavy atom. The highest BCUT2D eigenvalue weighted by atomic mass is 16.5. The van der Waals surface area contributed by atoms with E-state index in [0.29, 0.717) is 22.5 Å². The Labute approximate surface area is 161 Å². The molecule has 0 saturated heterocycles. The van der Waals surface area contributed by atoms with Crippen LogP contribution in [0.3, 0.4) is 0 Å². The van der Waals surface area contributed by atoms with Gasteiger partial charge in [0.25, 0.3) is 11.8 Å². The van der Waals surface area contributed by atoms with Crippen LogP contribution in [0.2, 0.25) is 0 Å². The second-order valence-electron chi connectivity index (χ2n) is 6.23. The Morgan fingerprint density at radius 2 is 1.46 bits per heavy atom. The number of nitrogens with zero attached hydrogens (tertiary/aromatic N) is 1. The van der Waals surface area contributed by atoms with E-state index in [-0.39, 0.29) is 18.4 Å². The molecular formula is C22H16N2O4. The van der Waals surface area contributed by atoms with Gasteiger partial charge in [0.15, 0.2) is 0 Å². The van der Waals surface area contributed by atoms with Crippen molar-refractivity contribution < 1.29 is 19.1 Å². The van der Waals surface area contributed by atoms with Gasteiger partial charge in [0.05, 0.1) is 16.8 Å². The van der Waals surface area contributed by atoms with Gasteiger partial charge >= 0.3 is 6.09 Å². The first-order valence-corrected chi connectivity index (χ1v) is 8.69. The lowest BCUT2D eigenvalue weighted by Crippen LogP contribution is -2.29. The third kappa shape index (κ3) is 3.35. The average molecular weight is 372 g/mol. The second-order valence-corrected chi connectivity index (χ2v) is 6.23. The topological polar surface area (TPSA) is 75.7 Å². The SMILES string of the molecule is O=C(Nc1cccc(N2C(=O)c3ccccc3C2=O)c1)OCc1ccccc1. The van der Waals surface area contributed by atoms with Crippen molar-refractivity contribution >= 4 is 29.3 Å². The van der Waals surface area contributed by atoms with Crippen molar-refractivity contribution in [1.29, 1.82) is 0 Å². The Hall–Kier alpha value is -3.93. The van der Waals surface area contributed by atoms with Crippen molar-refractivity contribution in [3.05, 3.63) is 95.6 Å². The van der Waals surface area contributed by atoms with Crippen molar-refractivity contribution in [1.82, 2.24) is 0 Å². The molecule has 0 spiro atoms. The maximum Gasteiger partial charge on any atom is 0.411 e. The van der Waals surface area contributed by atoms with Gasteiger partial charge in [-0.1, -0.05) is 48.5 Å². The molecule has 1 N–H and O–H groups in total. The van der Waals surface area contributed by atoms with Crippen LogP contribution in [-0.4, -0.2) is 17.9 Å². The normalized spacial score (nSPS) is 12.6. The lowest BCUT2D eigenvalue weighted by Gasteiger charge is -2.15. The van der Waals surface area contributed by atoms with Crippen LogP contribution in [0.1, 0.15) is 26.3 Å². The van der Waals surface area contributed by atoms with Gasteiger partial charge in [0, 0.05) is 5.69 Å². The molecule has 1 aliphatic rings. The molecule has 3 aromatic rings. The quantitative estimate of drug-likeness (QED) is 0.695. The minimum atomic E-state index is -0.622. The number of hydrogen-bond donors (Lipinski definition) is 1. The van der Waals surface area contributed by atoms with Crippen LogP contribution in [0, 0.1) is 0 Å². The van der Waals surface area contributed by atoms with Gasteiger partial charge in [-0.05, 0) is 35.9 Å². The van der Waals surface area contributed by atoms with Crippen molar-refractivity contribution in [3.8, 4) is 0 Å². The highest BCUT2D eigenvalue weighted by Gasteiger charge is 2.36. The van der Waals surface area contributed by atoms with E-state index in [1.54, 1.807) is 48.5 Å². The zero-order valence-electron chi connectivity index (χ0n) is 14.8. The number of rotatable bonds is 4. The lowest BCUT2D eigenvalue weighted by atomic mass is 10.1. The number of fused-ring (bicyclic) bond motifs is 1. The Morgan fingerprint density at radius 1 is 0.821 bits per heavy atom. The molecule has 6 nitrogen and oxygen atoms in total. The summed E-state index contributed by atoms with van der Waals surface area (Å²) in [6, 6.07) is 22.5. The molecule has 0 bridgehead atoms. The first kappa shape index (κ1) is 17.5. The van der Waals surface area contributed by atoms with Gasteiger partial charge < -0.3 is 4.74 Å². The molecule has 0 atom stereocenters. The van der Waals surface area contributed by atoms with Gasteiger partial charge in [0.2, 0.25) is 0 Å². The van der Waals surface area contributed by atoms with Crippen molar-refractivity contribution in [2.24, 2.45) is 0 Å². The zero-order valence-corrected chi connectivity index (χ0v) is 14.8. The van der Waals surface area contributed by atoms with Crippen LogP contribution in [-0.2, 0) is 11.3 Å². The predicted octanol–water partition coefficient (Wildman–Crippen LogP) is 4.24. The van der Waals surface area contributed by atoms with Gasteiger partial charge in [-0.2, -0.15) is 0 Å². The molecule has 138 valence electrons. The number of carbonyl (C=O) groups excluding carboxylic acids is 3. The molecule has 0 aliphatic carbocycles. The van der Waals surface area contributed by atoms with E-state index in [0.717, 1.165) is 10.5 Å². The molecule has 1 heterocycles. The van der Waals surface area contributed by atoms with E-state index in [1.807, 2.05) is 30.3 Å². The Bertz CT molecular complexity index is 1030. The van der Waals surface area contributed by atoms with E-state index in [9.17, 15) is 14.4 Å². The van der Waals surface area contributed by atoms with Gasteiger partial charge in [-0.15, -0.1) is 0 Å². The van der Waals surface area contributed by atoms with Crippen LogP contribution in [0.4, 0.5) is 16.2 Å². The Balaban J connectivity index is 1.47. The van der Waals surface area contributed by atoms with E-state index in [2.05, 4.69) is 5.32 Å². The zero-order chi connectivity index (χ0) is 19.5. The number of benzene rings is 3. The summed E-state index contributed by atoms with van der Waals surface area (Å²) >= 11 is 0. The molecule has 6 heteroatoms. The summed E-state index contributed by atoms with van der Waals surface area (Å²) in [4.78, 5) is 38.3. The molecule has 0 unspecified atom stereocenters. The first-order chi connectivity index (χ1) is 13.6. The molecule has 3 aromatic carbocycles. The summed E-state index contributed by atoms with van der Waals surface area (Å²) in [5, 5.41) is 2.62. The lowest BCUT2D eigenvalue weighted by molar-refractivity contribution is 0.0926. The third-order valence-corrected chi connectivity index (χ3v) is 4.36. The van der Waals surface area contributed by atoms with Crippen LogP contribution < -0.4 is 10.2 Å². The van der Waals surface area contributed by atoms with Crippen molar-refractivity contribution in [2.75, 3.05) is 10.2 Å². The van der Waals surface area contributed by atoms with Crippen LogP contribution in [0.25, 0.3) is 0 Å². The van der Waals surface area contributed by atoms with Gasteiger partial charge in [0.1, 0.15) is 6.61 Å². The fraction of sp³-hybridized carbons (Fsp3) is 0.0455. The molecule has 0 saturated carbocycles. The minimum absolute atomic E-state index is 0.144. The number of hydrogen-bond acceptors (Lipinski definition) is 4. The van der Waals surface area contributed by atoms with Crippen LogP contribution >= 0.6 is 0 Å². The van der Waals surface area contributed by atoms with E-state index < -0.39 is 6.09 Å². The summed E-state index contributed by atoms with van der Waals surface area (Å²) in [6.45, 7) is 0.144. The molecule has 0 radical (unpaired) electrons. The smallest absolute Gasteiger partial charge is 0.411 e. The van der Waals surface area contributed by atoms with Gasteiger partial charge in [-0.25, -0.2) is 9.69 Å². The molecule has 3 amide bonds. The summed E-state index contributed by atoms with van der Waals surface area (Å²) in [7, 11) is 0. The summed E-state index contributed by atoms with van der Waals surface area (Å²) in [6.07, 6.45) is -0.622. The molecule has 0 fully saturated rings. The number of ether oxygens (including phenoxy) is 1. The van der Waals surface area contributed by atoms with Crippen molar-refractivity contribution in [2.45, 2.75) is 6.61 Å². The average Bonchev–Trinajstić information content (AvgIpc) is 2.98. The predicted molar refractivity (Wildman–Crippen MR) is 104 cm³/mol. The van der Waals surface area contributed by atoms with E-state index >= 15 is 0 Å². The minimum Gasteiger partial charge on any atom is -0.444 e. The maximum absolute atomic E-state index is 12.6. The van der Waals surface area contributed by atoms with E-state index in [1.165, 1.54) is 0 Å². The number of nitrogens with one attached hydrogen (secondary N) is 1. The largest absolute Gasteiger partial charge is 0.444 e. The Kier molecular flexibility index (Phi) is 4.60. The molecule has 0 aromatic heterocycles. The summed E-state index contributed by atoms with van der Waals surface area (Å²) < 4.78 is 5.19. The summed E-state index contributed by atoms with van der Waals surface area (Å²) in [5.41, 5.74) is 2.41. The van der Waals surface area contributed by atoms with Crippen LogP contribution in [0.15, 0.2) is 78.9 Å². The van der Waals surface area contributed by atoms with Crippen LogP contribution in [0.5, 0.6) is 0 Å². The fourth-order valence-electron chi connectivity index (χ4n) is 3.02. The standard InChI is InChI=1S/C22H16N2O4/c25-20-18-11-4-5-12-19(18)21(26)24(20)17-10-6-9-16(13-17)23-22(27)28-14-15-7-2-1-3-8-15/h1-13H,14H2,(H,23,27). The maximum atomic E-state index is 12.6. The molecule has 4 rings (SSSR count). The number of anilines is 2. The highest BCUT2D eigenvalue weighted by Crippen LogP contribution is 2.29. The second kappa shape index (κ2) is 7.36. The van der Waals surface area contributed by atoms with Gasteiger partial charge in [-0.3, -0.25) is 14.9 Å². The molecule has 28 heavy (non-hydrogen) atoms. The highest BCUT2D eigenvalue weighted by molar-refractivity contribution is 6.34. The van der Waals surface area contributed by atoms with Crippen molar-refractivity contribution in [3.63, 3.8) is 0 Å². The summed E-state index contributed by atoms with van der Waals surface area (Å²) in [5.74, 6) is -0.770. The van der Waals surface area contributed by atoms with E-state index in [4.69, 9.17) is 4.74 Å². The first-order valence-electron chi connectivity index (χ1n) is 8.69. The molecule has 1 aliphatic heterocycles. The molecular weight excluding hydrogens is 356 g/mol. The number of amides is 3. The number of carbonyl (C=O) groups is 3. The third-order valence-electron chi connectivity index (χ3n) is 4.36. The number of imide groups is 1. The monoisotopic (exact) mass is 372 g/mol.